The molecule has 5 nitrogen and oxygen atoms in total. The number of halogens is 1. The van der Waals surface area contributed by atoms with Crippen molar-refractivity contribution < 1.29 is 0 Å². The number of guanidine groups is 1. The molecule has 0 atom stereocenters. The lowest BCUT2D eigenvalue weighted by Crippen LogP contribution is -2.49. The average Bonchev–Trinajstić information content (AvgIpc) is 2.98. The van der Waals surface area contributed by atoms with Crippen LogP contribution in [0, 0.1) is 0 Å². The zero-order chi connectivity index (χ0) is 19.4. The lowest BCUT2D eigenvalue weighted by Gasteiger charge is -2.43. The summed E-state index contributed by atoms with van der Waals surface area (Å²) in [4.78, 5) is 6.72. The first-order valence-electron chi connectivity index (χ1n) is 9.95. The van der Waals surface area contributed by atoms with Gasteiger partial charge in [0.1, 0.15) is 0 Å². The molecule has 1 saturated carbocycles. The molecule has 154 valence electrons. The Balaban J connectivity index is 0.00000280. The van der Waals surface area contributed by atoms with Crippen LogP contribution in [0.25, 0.3) is 0 Å². The molecule has 0 saturated heterocycles. The summed E-state index contributed by atoms with van der Waals surface area (Å²) in [5.41, 5.74) is 4.12. The third kappa shape index (κ3) is 4.88. The van der Waals surface area contributed by atoms with Gasteiger partial charge < -0.3 is 10.2 Å². The van der Waals surface area contributed by atoms with Gasteiger partial charge in [0.05, 0.1) is 5.69 Å². The molecule has 2 aromatic rings. The maximum Gasteiger partial charge on any atom is 0.193 e. The Kier molecular flexibility index (Phi) is 7.92. The van der Waals surface area contributed by atoms with Crippen LogP contribution in [0.4, 0.5) is 0 Å². The molecule has 1 aliphatic rings. The Labute approximate surface area is 186 Å². The van der Waals surface area contributed by atoms with Crippen molar-refractivity contribution in [3.8, 4) is 0 Å². The number of benzene rings is 1. The Morgan fingerprint density at radius 2 is 1.96 bits per heavy atom. The summed E-state index contributed by atoms with van der Waals surface area (Å²) >= 11 is 0. The number of aryl methyl sites for hydroxylation is 1. The van der Waals surface area contributed by atoms with E-state index >= 15 is 0 Å². The summed E-state index contributed by atoms with van der Waals surface area (Å²) in [6.07, 6.45) is 5.91. The Hall–Kier alpha value is -1.57. The molecule has 0 amide bonds. The molecule has 28 heavy (non-hydrogen) atoms. The van der Waals surface area contributed by atoms with Crippen molar-refractivity contribution >= 4 is 29.9 Å². The van der Waals surface area contributed by atoms with Gasteiger partial charge in [-0.2, -0.15) is 5.10 Å². The summed E-state index contributed by atoms with van der Waals surface area (Å²) in [6.45, 7) is 6.12. The van der Waals surface area contributed by atoms with Crippen molar-refractivity contribution in [1.29, 1.82) is 0 Å². The van der Waals surface area contributed by atoms with Crippen LogP contribution in [0.3, 0.4) is 0 Å². The van der Waals surface area contributed by atoms with Crippen LogP contribution in [-0.4, -0.2) is 41.3 Å². The van der Waals surface area contributed by atoms with Gasteiger partial charge in [0.15, 0.2) is 5.96 Å². The van der Waals surface area contributed by atoms with E-state index in [4.69, 9.17) is 0 Å². The zero-order valence-corrected chi connectivity index (χ0v) is 20.1. The number of rotatable bonds is 6. The number of nitrogens with zero attached hydrogens (tertiary/aromatic N) is 4. The molecule has 0 radical (unpaired) electrons. The van der Waals surface area contributed by atoms with Crippen molar-refractivity contribution in [2.24, 2.45) is 12.0 Å². The molecule has 6 heteroatoms. The molecule has 3 rings (SSSR count). The molecule has 1 aliphatic carbocycles. The fourth-order valence-corrected chi connectivity index (χ4v) is 4.09. The van der Waals surface area contributed by atoms with Gasteiger partial charge in [0.25, 0.3) is 0 Å². The summed E-state index contributed by atoms with van der Waals surface area (Å²) in [5, 5.41) is 8.26. The molecule has 1 aromatic heterocycles. The highest BCUT2D eigenvalue weighted by Crippen LogP contribution is 2.43. The van der Waals surface area contributed by atoms with E-state index in [-0.39, 0.29) is 29.4 Å². The van der Waals surface area contributed by atoms with E-state index in [1.54, 1.807) is 0 Å². The van der Waals surface area contributed by atoms with Crippen LogP contribution in [-0.2, 0) is 19.0 Å². The number of hydrogen-bond donors (Lipinski definition) is 1. The summed E-state index contributed by atoms with van der Waals surface area (Å²) in [6, 6.07) is 10.9. The maximum absolute atomic E-state index is 4.63. The highest BCUT2D eigenvalue weighted by Gasteiger charge is 2.38. The van der Waals surface area contributed by atoms with Gasteiger partial charge in [-0.15, -0.1) is 24.0 Å². The Bertz CT molecular complexity index is 777. The minimum Gasteiger partial charge on any atom is -0.355 e. The van der Waals surface area contributed by atoms with E-state index in [0.717, 1.165) is 19.0 Å². The maximum atomic E-state index is 4.63. The van der Waals surface area contributed by atoms with Crippen molar-refractivity contribution in [3.63, 3.8) is 0 Å². The number of hydrogen-bond acceptors (Lipinski definition) is 2. The molecule has 1 aromatic carbocycles. The van der Waals surface area contributed by atoms with Crippen molar-refractivity contribution in [2.45, 2.75) is 51.0 Å². The third-order valence-corrected chi connectivity index (χ3v) is 5.75. The highest BCUT2D eigenvalue weighted by atomic mass is 127. The Morgan fingerprint density at radius 1 is 1.29 bits per heavy atom. The van der Waals surface area contributed by atoms with Crippen molar-refractivity contribution in [1.82, 2.24) is 20.0 Å². The molecular weight excluding hydrogens is 461 g/mol. The lowest BCUT2D eigenvalue weighted by molar-refractivity contribution is 0.241. The third-order valence-electron chi connectivity index (χ3n) is 5.75. The van der Waals surface area contributed by atoms with E-state index in [1.807, 2.05) is 18.8 Å². The smallest absolute Gasteiger partial charge is 0.193 e. The lowest BCUT2D eigenvalue weighted by atomic mass is 9.64. The summed E-state index contributed by atoms with van der Waals surface area (Å²) < 4.78 is 1.91. The first-order chi connectivity index (χ1) is 12.9. The van der Waals surface area contributed by atoms with Crippen molar-refractivity contribution in [2.75, 3.05) is 20.6 Å². The van der Waals surface area contributed by atoms with Gasteiger partial charge in [-0.3, -0.25) is 9.67 Å². The molecule has 0 bridgehead atoms. The quantitative estimate of drug-likeness (QED) is 0.370. The van der Waals surface area contributed by atoms with Crippen molar-refractivity contribution in [3.05, 3.63) is 53.3 Å². The van der Waals surface area contributed by atoms with Crippen LogP contribution in [0.15, 0.2) is 41.5 Å². The standard InChI is InChI=1S/C22H33N5.HI/c1-17(2)20-18(15-27(5)25-20)14-26(4)21(23-3)24-16-22(12-9-13-22)19-10-7-6-8-11-19;/h6-8,10-11,15,17H,9,12-14,16H2,1-5H3,(H,23,24);1H. The van der Waals surface area contributed by atoms with E-state index < -0.39 is 0 Å². The minimum absolute atomic E-state index is 0. The van der Waals surface area contributed by atoms with Crippen LogP contribution in [0.1, 0.15) is 55.8 Å². The normalized spacial score (nSPS) is 15.7. The Morgan fingerprint density at radius 3 is 2.50 bits per heavy atom. The second-order valence-electron chi connectivity index (χ2n) is 8.12. The summed E-state index contributed by atoms with van der Waals surface area (Å²) in [7, 11) is 5.95. The predicted octanol–water partition coefficient (Wildman–Crippen LogP) is 4.29. The molecule has 0 aliphatic heterocycles. The van der Waals surface area contributed by atoms with Crippen LogP contribution >= 0.6 is 24.0 Å². The fraction of sp³-hybridized carbons (Fsp3) is 0.545. The highest BCUT2D eigenvalue weighted by molar-refractivity contribution is 14.0. The van der Waals surface area contributed by atoms with E-state index in [0.29, 0.717) is 5.92 Å². The van der Waals surface area contributed by atoms with Gasteiger partial charge in [-0.25, -0.2) is 0 Å². The van der Waals surface area contributed by atoms with Crippen LogP contribution in [0.2, 0.25) is 0 Å². The van der Waals surface area contributed by atoms with Gasteiger partial charge in [0.2, 0.25) is 0 Å². The molecule has 1 N–H and O–H groups in total. The number of aliphatic imine (C=N–C) groups is 1. The van der Waals surface area contributed by atoms with E-state index in [9.17, 15) is 0 Å². The van der Waals surface area contributed by atoms with E-state index in [1.165, 1.54) is 36.1 Å². The second kappa shape index (κ2) is 9.76. The topological polar surface area (TPSA) is 45.5 Å². The first kappa shape index (κ1) is 22.7. The second-order valence-corrected chi connectivity index (χ2v) is 8.12. The summed E-state index contributed by atoms with van der Waals surface area (Å²) in [5.74, 6) is 1.36. The van der Waals surface area contributed by atoms with Crippen LogP contribution < -0.4 is 5.32 Å². The van der Waals surface area contributed by atoms with Gasteiger partial charge in [-0.05, 0) is 24.3 Å². The fourth-order valence-electron chi connectivity index (χ4n) is 4.09. The van der Waals surface area contributed by atoms with Gasteiger partial charge in [0, 0.05) is 51.4 Å². The molecular formula is C22H34IN5. The largest absolute Gasteiger partial charge is 0.355 e. The molecule has 1 heterocycles. The van der Waals surface area contributed by atoms with E-state index in [2.05, 4.69) is 77.7 Å². The molecule has 0 spiro atoms. The minimum atomic E-state index is 0. The molecule has 1 fully saturated rings. The predicted molar refractivity (Wildman–Crippen MR) is 128 cm³/mol. The molecule has 0 unspecified atom stereocenters. The first-order valence-corrected chi connectivity index (χ1v) is 9.95. The average molecular weight is 495 g/mol. The number of aromatic nitrogens is 2. The monoisotopic (exact) mass is 495 g/mol. The van der Waals surface area contributed by atoms with Crippen LogP contribution in [0.5, 0.6) is 0 Å². The number of nitrogens with one attached hydrogen (secondary N) is 1. The van der Waals surface area contributed by atoms with Gasteiger partial charge in [-0.1, -0.05) is 50.6 Å². The van der Waals surface area contributed by atoms with Gasteiger partial charge >= 0.3 is 0 Å². The SMILES string of the molecule is CN=C(NCC1(c2ccccc2)CCC1)N(C)Cc1cn(C)nc1C(C)C.I. The zero-order valence-electron chi connectivity index (χ0n) is 17.8.